The van der Waals surface area contributed by atoms with Gasteiger partial charge in [-0.1, -0.05) is 39.3 Å². The second kappa shape index (κ2) is 6.82. The molecular weight excluding hydrogens is 282 g/mol. The third-order valence-corrected chi connectivity index (χ3v) is 4.68. The minimum Gasteiger partial charge on any atom is -0.447 e. The first-order valence-corrected chi connectivity index (χ1v) is 8.21. The molecule has 2 rings (SSSR count). The summed E-state index contributed by atoms with van der Waals surface area (Å²) in [6, 6.07) is -0.246. The number of imide groups is 1. The van der Waals surface area contributed by atoms with Crippen LogP contribution in [-0.2, 0) is 9.53 Å². The molecule has 0 saturated carbocycles. The number of carbonyl (C=O) groups is 2. The minimum atomic E-state index is -0.780. The molecule has 5 nitrogen and oxygen atoms in total. The van der Waals surface area contributed by atoms with Crippen molar-refractivity contribution in [1.29, 1.82) is 0 Å². The molecule has 1 N–H and O–H groups in total. The van der Waals surface area contributed by atoms with Crippen molar-refractivity contribution in [3.05, 3.63) is 11.6 Å². The van der Waals surface area contributed by atoms with Crippen LogP contribution < -0.4 is 0 Å². The zero-order valence-corrected chi connectivity index (χ0v) is 13.9. The first kappa shape index (κ1) is 17.0. The third-order valence-electron chi connectivity index (χ3n) is 4.68. The van der Waals surface area contributed by atoms with E-state index in [1.807, 2.05) is 33.8 Å². The molecule has 0 aromatic rings. The number of ether oxygens (including phenoxy) is 1. The van der Waals surface area contributed by atoms with Crippen LogP contribution in [-0.4, -0.2) is 40.8 Å². The highest BCUT2D eigenvalue weighted by Crippen LogP contribution is 2.33. The van der Waals surface area contributed by atoms with Crippen molar-refractivity contribution in [3.63, 3.8) is 0 Å². The van der Waals surface area contributed by atoms with Crippen molar-refractivity contribution >= 4 is 12.0 Å². The maximum absolute atomic E-state index is 13.0. The Morgan fingerprint density at radius 3 is 2.55 bits per heavy atom. The van der Waals surface area contributed by atoms with Crippen LogP contribution in [0.1, 0.15) is 47.0 Å². The highest BCUT2D eigenvalue weighted by atomic mass is 16.6. The van der Waals surface area contributed by atoms with Gasteiger partial charge >= 0.3 is 6.09 Å². The summed E-state index contributed by atoms with van der Waals surface area (Å²) in [5.41, 5.74) is 0.966. The number of hydrogen-bond acceptors (Lipinski definition) is 4. The Labute approximate surface area is 132 Å². The van der Waals surface area contributed by atoms with Crippen LogP contribution in [0.2, 0.25) is 0 Å². The molecule has 0 aromatic heterocycles. The summed E-state index contributed by atoms with van der Waals surface area (Å²) in [5.74, 6) is -0.860. The second-order valence-electron chi connectivity index (χ2n) is 6.98. The molecule has 0 spiro atoms. The molecule has 124 valence electrons. The van der Waals surface area contributed by atoms with E-state index >= 15 is 0 Å². The molecule has 0 bridgehead atoms. The van der Waals surface area contributed by atoms with E-state index in [0.29, 0.717) is 0 Å². The van der Waals surface area contributed by atoms with E-state index in [1.165, 1.54) is 4.90 Å². The molecule has 22 heavy (non-hydrogen) atoms. The summed E-state index contributed by atoms with van der Waals surface area (Å²) in [6.07, 6.45) is 3.43. The lowest BCUT2D eigenvalue weighted by atomic mass is 9.85. The summed E-state index contributed by atoms with van der Waals surface area (Å²) in [4.78, 5) is 26.3. The normalized spacial score (nSPS) is 24.7. The lowest BCUT2D eigenvalue weighted by Gasteiger charge is -2.31. The number of carbonyl (C=O) groups excluding carboxylic acids is 2. The largest absolute Gasteiger partial charge is 0.447 e. The average molecular weight is 309 g/mol. The van der Waals surface area contributed by atoms with Crippen LogP contribution in [0.15, 0.2) is 11.6 Å². The Balaban J connectivity index is 2.30. The minimum absolute atomic E-state index is 0.0495. The maximum atomic E-state index is 13.0. The van der Waals surface area contributed by atoms with E-state index in [1.54, 1.807) is 0 Å². The lowest BCUT2D eigenvalue weighted by Crippen LogP contribution is -2.48. The Morgan fingerprint density at radius 2 is 2.05 bits per heavy atom. The zero-order valence-electron chi connectivity index (χ0n) is 13.9. The fraction of sp³-hybridized carbons (Fsp3) is 0.765. The van der Waals surface area contributed by atoms with Crippen LogP contribution in [0.5, 0.6) is 0 Å². The monoisotopic (exact) mass is 309 g/mol. The van der Waals surface area contributed by atoms with Gasteiger partial charge in [-0.15, -0.1) is 0 Å². The molecule has 1 fully saturated rings. The Morgan fingerprint density at radius 1 is 1.36 bits per heavy atom. The first-order valence-electron chi connectivity index (χ1n) is 8.21. The van der Waals surface area contributed by atoms with Crippen LogP contribution in [0, 0.1) is 17.8 Å². The Bertz CT molecular complexity index is 469. The zero-order chi connectivity index (χ0) is 16.4. The second-order valence-corrected chi connectivity index (χ2v) is 6.98. The van der Waals surface area contributed by atoms with E-state index in [2.05, 4.69) is 0 Å². The molecule has 0 radical (unpaired) electrons. The molecule has 1 aliphatic carbocycles. The van der Waals surface area contributed by atoms with Gasteiger partial charge in [-0.2, -0.15) is 0 Å². The Kier molecular flexibility index (Phi) is 5.27. The van der Waals surface area contributed by atoms with Crippen LogP contribution in [0.4, 0.5) is 4.79 Å². The first-order chi connectivity index (χ1) is 10.3. The molecule has 1 aliphatic heterocycles. The summed E-state index contributed by atoms with van der Waals surface area (Å²) < 4.78 is 5.08. The standard InChI is InChI=1S/C17H27NO4/c1-10(2)13-9-22-17(21)18(13)16(20)14(15(19)11(3)4)12-7-5-6-8-12/h7,10-11,13-15,19H,5-6,8-9H2,1-4H3/t13-,14+,15-/m1/s1. The maximum Gasteiger partial charge on any atom is 0.417 e. The number of amides is 2. The van der Waals surface area contributed by atoms with Crippen molar-refractivity contribution in [2.45, 2.75) is 59.1 Å². The van der Waals surface area contributed by atoms with Crippen molar-refractivity contribution < 1.29 is 19.4 Å². The summed E-state index contributed by atoms with van der Waals surface area (Å²) in [7, 11) is 0. The number of cyclic esters (lactones) is 1. The fourth-order valence-corrected chi connectivity index (χ4v) is 3.22. The molecule has 2 aliphatic rings. The van der Waals surface area contributed by atoms with Gasteiger partial charge in [0.2, 0.25) is 5.91 Å². The van der Waals surface area contributed by atoms with Gasteiger partial charge in [0.05, 0.1) is 18.1 Å². The number of nitrogens with zero attached hydrogens (tertiary/aromatic N) is 1. The number of allylic oxidation sites excluding steroid dienone is 1. The molecule has 1 saturated heterocycles. The van der Waals surface area contributed by atoms with E-state index < -0.39 is 18.1 Å². The number of aliphatic hydroxyl groups excluding tert-OH is 1. The van der Waals surface area contributed by atoms with Gasteiger partial charge in [0.1, 0.15) is 6.61 Å². The van der Waals surface area contributed by atoms with Gasteiger partial charge in [-0.05, 0) is 31.1 Å². The number of rotatable bonds is 5. The fourth-order valence-electron chi connectivity index (χ4n) is 3.22. The summed E-state index contributed by atoms with van der Waals surface area (Å²) >= 11 is 0. The van der Waals surface area contributed by atoms with Crippen molar-refractivity contribution in [1.82, 2.24) is 4.90 Å². The summed E-state index contributed by atoms with van der Waals surface area (Å²) in [5, 5.41) is 10.5. The molecule has 5 heteroatoms. The molecule has 0 aromatic carbocycles. The smallest absolute Gasteiger partial charge is 0.417 e. The van der Waals surface area contributed by atoms with Gasteiger partial charge in [0.15, 0.2) is 0 Å². The topological polar surface area (TPSA) is 66.8 Å². The number of aliphatic hydroxyl groups is 1. The van der Waals surface area contributed by atoms with Crippen LogP contribution in [0.25, 0.3) is 0 Å². The van der Waals surface area contributed by atoms with Crippen LogP contribution in [0.3, 0.4) is 0 Å². The van der Waals surface area contributed by atoms with Crippen molar-refractivity contribution in [2.24, 2.45) is 17.8 Å². The van der Waals surface area contributed by atoms with Crippen LogP contribution >= 0.6 is 0 Å². The Hall–Kier alpha value is -1.36. The predicted molar refractivity (Wildman–Crippen MR) is 83.1 cm³/mol. The van der Waals surface area contributed by atoms with Gasteiger partial charge in [0, 0.05) is 0 Å². The quantitative estimate of drug-likeness (QED) is 0.793. The van der Waals surface area contributed by atoms with Crippen molar-refractivity contribution in [2.75, 3.05) is 6.61 Å². The van der Waals surface area contributed by atoms with E-state index in [0.717, 1.165) is 24.8 Å². The van der Waals surface area contributed by atoms with E-state index in [-0.39, 0.29) is 30.4 Å². The molecule has 0 unspecified atom stereocenters. The van der Waals surface area contributed by atoms with Gasteiger partial charge in [-0.3, -0.25) is 4.79 Å². The average Bonchev–Trinajstić information content (AvgIpc) is 3.08. The van der Waals surface area contributed by atoms with E-state index in [9.17, 15) is 14.7 Å². The summed E-state index contributed by atoms with van der Waals surface area (Å²) in [6.45, 7) is 7.96. The third kappa shape index (κ3) is 3.19. The molecular formula is C17H27NO4. The van der Waals surface area contributed by atoms with E-state index in [4.69, 9.17) is 4.74 Å². The highest BCUT2D eigenvalue weighted by molar-refractivity contribution is 5.96. The van der Waals surface area contributed by atoms with Gasteiger partial charge < -0.3 is 9.84 Å². The number of hydrogen-bond donors (Lipinski definition) is 1. The lowest BCUT2D eigenvalue weighted by molar-refractivity contribution is -0.137. The molecule has 3 atom stereocenters. The molecule has 1 heterocycles. The van der Waals surface area contributed by atoms with Crippen molar-refractivity contribution in [3.8, 4) is 0 Å². The van der Waals surface area contributed by atoms with Gasteiger partial charge in [-0.25, -0.2) is 9.69 Å². The van der Waals surface area contributed by atoms with Gasteiger partial charge in [0.25, 0.3) is 0 Å². The SMILES string of the molecule is CC(C)[C@@H](O)[C@@H](C(=O)N1C(=O)OC[C@@H]1C(C)C)C1=CCCC1. The predicted octanol–water partition coefficient (Wildman–Crippen LogP) is 2.73. The molecule has 2 amide bonds. The highest BCUT2D eigenvalue weighted by Gasteiger charge is 2.45.